The maximum absolute atomic E-state index is 2.57. The minimum Gasteiger partial charge on any atom is -0.309 e. The molecule has 52 heavy (non-hydrogen) atoms. The third-order valence-corrected chi connectivity index (χ3v) is 11.9. The first kappa shape index (κ1) is 32.3. The molecule has 256 valence electrons. The van der Waals surface area contributed by atoms with Gasteiger partial charge in [-0.1, -0.05) is 98.8 Å². The van der Waals surface area contributed by atoms with Gasteiger partial charge < -0.3 is 9.80 Å². The Morgan fingerprint density at radius 2 is 0.846 bits per heavy atom. The van der Waals surface area contributed by atoms with Crippen molar-refractivity contribution in [2.45, 2.75) is 66.7 Å². The maximum atomic E-state index is 2.57. The lowest BCUT2D eigenvalue weighted by Gasteiger charge is -2.37. The van der Waals surface area contributed by atoms with E-state index in [0.29, 0.717) is 0 Å². The highest BCUT2D eigenvalue weighted by Crippen LogP contribution is 2.54. The molecule has 0 amide bonds. The first-order valence-corrected chi connectivity index (χ1v) is 18.8. The number of rotatable bonds is 6. The number of anilines is 6. The molecule has 2 nitrogen and oxygen atoms in total. The van der Waals surface area contributed by atoms with Crippen LogP contribution in [0.4, 0.5) is 34.1 Å². The van der Waals surface area contributed by atoms with Gasteiger partial charge in [-0.2, -0.15) is 0 Å². The molecule has 2 heteroatoms. The number of hydrogen-bond donors (Lipinski definition) is 0. The minimum atomic E-state index is 0.0331. The Morgan fingerprint density at radius 3 is 1.33 bits per heavy atom. The molecule has 0 aromatic heterocycles. The molecule has 0 spiro atoms. The lowest BCUT2D eigenvalue weighted by atomic mass is 9.70. The van der Waals surface area contributed by atoms with Crippen molar-refractivity contribution >= 4 is 66.4 Å². The quantitative estimate of drug-likeness (QED) is 0.162. The van der Waals surface area contributed by atoms with Crippen LogP contribution in [0.5, 0.6) is 0 Å². The Balaban J connectivity index is 1.46. The lowest BCUT2D eigenvalue weighted by Crippen LogP contribution is -2.24. The molecule has 9 rings (SSSR count). The van der Waals surface area contributed by atoms with Crippen molar-refractivity contribution in [1.29, 1.82) is 0 Å². The molecule has 0 saturated heterocycles. The SMILES string of the molecule is Cc1ccccc1N(c1ccccc1C)c1cc(C)c2ccc3c(N(c4ccccc4C)c4ccccc4C)cc4c5c(cc1c2c35)C(C)(C)CC4. The van der Waals surface area contributed by atoms with Gasteiger partial charge in [-0.05, 0) is 150 Å². The topological polar surface area (TPSA) is 6.48 Å². The molecule has 0 aliphatic heterocycles. The first-order chi connectivity index (χ1) is 25.1. The molecule has 8 aromatic carbocycles. The van der Waals surface area contributed by atoms with Crippen molar-refractivity contribution in [2.75, 3.05) is 9.80 Å². The zero-order valence-corrected chi connectivity index (χ0v) is 31.4. The summed E-state index contributed by atoms with van der Waals surface area (Å²) in [4.78, 5) is 5.06. The van der Waals surface area contributed by atoms with Crippen LogP contribution in [0.1, 0.15) is 59.2 Å². The number of aryl methyl sites for hydroxylation is 6. The molecule has 1 aliphatic rings. The van der Waals surface area contributed by atoms with Gasteiger partial charge >= 0.3 is 0 Å². The summed E-state index contributed by atoms with van der Waals surface area (Å²) in [7, 11) is 0. The molecule has 8 aromatic rings. The number of para-hydroxylation sites is 4. The third kappa shape index (κ3) is 4.84. The van der Waals surface area contributed by atoms with Gasteiger partial charge in [0.05, 0.1) is 11.4 Å². The smallest absolute Gasteiger partial charge is 0.0543 e. The van der Waals surface area contributed by atoms with Crippen LogP contribution in [0.25, 0.3) is 32.3 Å². The molecular weight excluding hydrogens is 629 g/mol. The van der Waals surface area contributed by atoms with Crippen LogP contribution < -0.4 is 9.80 Å². The Morgan fingerprint density at radius 1 is 0.404 bits per heavy atom. The fraction of sp³-hybridized carbons (Fsp3) is 0.200. The van der Waals surface area contributed by atoms with E-state index in [1.165, 1.54) is 105 Å². The maximum Gasteiger partial charge on any atom is 0.0543 e. The average Bonchev–Trinajstić information content (AvgIpc) is 3.14. The summed E-state index contributed by atoms with van der Waals surface area (Å²) in [6.07, 6.45) is 2.16. The van der Waals surface area contributed by atoms with Gasteiger partial charge in [-0.25, -0.2) is 0 Å². The fourth-order valence-corrected chi connectivity index (χ4v) is 9.04. The van der Waals surface area contributed by atoms with Crippen LogP contribution in [-0.2, 0) is 11.8 Å². The predicted octanol–water partition coefficient (Wildman–Crippen LogP) is 14.3. The van der Waals surface area contributed by atoms with Gasteiger partial charge in [0.25, 0.3) is 0 Å². The van der Waals surface area contributed by atoms with Crippen LogP contribution in [0.3, 0.4) is 0 Å². The van der Waals surface area contributed by atoms with Crippen molar-refractivity contribution in [2.24, 2.45) is 0 Å². The first-order valence-electron chi connectivity index (χ1n) is 18.8. The van der Waals surface area contributed by atoms with Crippen molar-refractivity contribution in [3.63, 3.8) is 0 Å². The predicted molar refractivity (Wildman–Crippen MR) is 225 cm³/mol. The average molecular weight is 675 g/mol. The Kier molecular flexibility index (Phi) is 7.45. The molecule has 1 aliphatic carbocycles. The molecule has 0 saturated carbocycles. The summed E-state index contributed by atoms with van der Waals surface area (Å²) in [6, 6.07) is 47.7. The number of benzene rings is 8. The van der Waals surface area contributed by atoms with Crippen molar-refractivity contribution < 1.29 is 0 Å². The summed E-state index contributed by atoms with van der Waals surface area (Å²) in [5.41, 5.74) is 16.6. The van der Waals surface area contributed by atoms with Gasteiger partial charge in [0.15, 0.2) is 0 Å². The standard InChI is InChI=1S/C50H46N2/c1-31-16-8-12-20-41(31)51(42-21-13-9-17-32(42)2)45-28-35(5)37-24-25-38-46(52(43-22-14-10-18-33(43)3)44-23-15-11-19-34(44)4)29-36-26-27-50(6,7)40-30-39(45)48(37)49(38)47(36)40/h8-25,28-30H,26-27H2,1-7H3. The molecule has 0 heterocycles. The molecule has 0 radical (unpaired) electrons. The summed E-state index contributed by atoms with van der Waals surface area (Å²) in [5, 5.41) is 8.18. The van der Waals surface area contributed by atoms with Crippen LogP contribution in [0.2, 0.25) is 0 Å². The Labute approximate surface area is 308 Å². The summed E-state index contributed by atoms with van der Waals surface area (Å²) >= 11 is 0. The van der Waals surface area contributed by atoms with E-state index in [4.69, 9.17) is 0 Å². The molecule has 0 N–H and O–H groups in total. The second-order valence-corrected chi connectivity index (χ2v) is 15.7. The highest BCUT2D eigenvalue weighted by molar-refractivity contribution is 6.30. The summed E-state index contributed by atoms with van der Waals surface area (Å²) < 4.78 is 0. The summed E-state index contributed by atoms with van der Waals surface area (Å²) in [5.74, 6) is 0. The molecule has 0 atom stereocenters. The van der Waals surface area contributed by atoms with E-state index in [1.54, 1.807) is 0 Å². The number of nitrogens with zero attached hydrogens (tertiary/aromatic N) is 2. The minimum absolute atomic E-state index is 0.0331. The lowest BCUT2D eigenvalue weighted by molar-refractivity contribution is 0.475. The Hall–Kier alpha value is -5.60. The second kappa shape index (κ2) is 12.0. The van der Waals surface area contributed by atoms with E-state index >= 15 is 0 Å². The highest BCUT2D eigenvalue weighted by Gasteiger charge is 2.34. The van der Waals surface area contributed by atoms with Gasteiger partial charge in [0.2, 0.25) is 0 Å². The van der Waals surface area contributed by atoms with E-state index in [0.717, 1.165) is 12.8 Å². The monoisotopic (exact) mass is 674 g/mol. The van der Waals surface area contributed by atoms with Crippen molar-refractivity contribution in [1.82, 2.24) is 0 Å². The molecule has 0 unspecified atom stereocenters. The van der Waals surface area contributed by atoms with Gasteiger partial charge in [0.1, 0.15) is 0 Å². The molecule has 0 bridgehead atoms. The van der Waals surface area contributed by atoms with E-state index < -0.39 is 0 Å². The summed E-state index contributed by atoms with van der Waals surface area (Å²) in [6.45, 7) is 16.2. The Bertz CT molecular complexity index is 2590. The van der Waals surface area contributed by atoms with E-state index in [9.17, 15) is 0 Å². The van der Waals surface area contributed by atoms with Crippen LogP contribution >= 0.6 is 0 Å². The highest BCUT2D eigenvalue weighted by atomic mass is 15.2. The molecule has 0 fully saturated rings. The van der Waals surface area contributed by atoms with Crippen LogP contribution in [-0.4, -0.2) is 0 Å². The van der Waals surface area contributed by atoms with E-state index in [-0.39, 0.29) is 5.41 Å². The van der Waals surface area contributed by atoms with E-state index in [2.05, 4.69) is 186 Å². The normalized spacial score (nSPS) is 13.7. The zero-order chi connectivity index (χ0) is 35.9. The second-order valence-electron chi connectivity index (χ2n) is 15.7. The van der Waals surface area contributed by atoms with Gasteiger partial charge in [0, 0.05) is 38.9 Å². The zero-order valence-electron chi connectivity index (χ0n) is 31.4. The fourth-order valence-electron chi connectivity index (χ4n) is 9.04. The van der Waals surface area contributed by atoms with Gasteiger partial charge in [-0.3, -0.25) is 0 Å². The van der Waals surface area contributed by atoms with Crippen molar-refractivity contribution in [3.8, 4) is 0 Å². The van der Waals surface area contributed by atoms with E-state index in [1.807, 2.05) is 0 Å². The van der Waals surface area contributed by atoms with Crippen LogP contribution in [0.15, 0.2) is 127 Å². The largest absolute Gasteiger partial charge is 0.309 e. The molecular formula is C50H46N2. The van der Waals surface area contributed by atoms with Crippen molar-refractivity contribution in [3.05, 3.63) is 166 Å². The van der Waals surface area contributed by atoms with Gasteiger partial charge in [-0.15, -0.1) is 0 Å². The third-order valence-electron chi connectivity index (χ3n) is 11.9. The number of hydrogen-bond acceptors (Lipinski definition) is 2. The van der Waals surface area contributed by atoms with Crippen LogP contribution in [0, 0.1) is 34.6 Å².